The average molecular weight is 301 g/mol. The second-order valence-electron chi connectivity index (χ2n) is 6.65. The molecule has 0 aromatic heterocycles. The second kappa shape index (κ2) is 7.25. The second-order valence-corrected chi connectivity index (χ2v) is 6.65. The van der Waals surface area contributed by atoms with Crippen LogP contribution in [0.4, 0.5) is 5.69 Å². The highest BCUT2D eigenvalue weighted by Crippen LogP contribution is 2.32. The van der Waals surface area contributed by atoms with Gasteiger partial charge in [-0.25, -0.2) is 0 Å². The van der Waals surface area contributed by atoms with Crippen LogP contribution >= 0.6 is 0 Å². The lowest BCUT2D eigenvalue weighted by Crippen LogP contribution is -2.34. The van der Waals surface area contributed by atoms with Gasteiger partial charge in [0.05, 0.1) is 0 Å². The number of anilines is 1. The van der Waals surface area contributed by atoms with Gasteiger partial charge in [-0.05, 0) is 81.9 Å². The molecule has 1 aromatic carbocycles. The SMILES string of the molecule is NCCCN1CCC(c2cccc(NC(=O)C3CC3)c2)CC1. The van der Waals surface area contributed by atoms with Gasteiger partial charge in [-0.3, -0.25) is 4.79 Å². The number of rotatable bonds is 6. The zero-order valence-corrected chi connectivity index (χ0v) is 13.3. The van der Waals surface area contributed by atoms with Crippen molar-refractivity contribution in [2.45, 2.75) is 38.0 Å². The Labute approximate surface area is 133 Å². The summed E-state index contributed by atoms with van der Waals surface area (Å²) in [6, 6.07) is 8.44. The maximum Gasteiger partial charge on any atom is 0.227 e. The van der Waals surface area contributed by atoms with Crippen molar-refractivity contribution in [2.75, 3.05) is 31.5 Å². The van der Waals surface area contributed by atoms with Crippen LogP contribution in [0.15, 0.2) is 24.3 Å². The Morgan fingerprint density at radius 3 is 2.68 bits per heavy atom. The lowest BCUT2D eigenvalue weighted by atomic mass is 9.89. The highest BCUT2D eigenvalue weighted by Gasteiger charge is 2.29. The van der Waals surface area contributed by atoms with E-state index in [0.29, 0.717) is 5.92 Å². The molecule has 4 nitrogen and oxygen atoms in total. The summed E-state index contributed by atoms with van der Waals surface area (Å²) in [6.45, 7) is 4.22. The Hall–Kier alpha value is -1.39. The molecule has 0 spiro atoms. The molecule has 3 rings (SSSR count). The number of carbonyl (C=O) groups excluding carboxylic acids is 1. The molecule has 0 radical (unpaired) electrons. The number of amides is 1. The molecule has 22 heavy (non-hydrogen) atoms. The number of nitrogens with two attached hydrogens (primary N) is 1. The third-order valence-corrected chi connectivity index (χ3v) is 4.84. The molecule has 0 unspecified atom stereocenters. The fraction of sp³-hybridized carbons (Fsp3) is 0.611. The molecule has 1 amide bonds. The highest BCUT2D eigenvalue weighted by atomic mass is 16.2. The van der Waals surface area contributed by atoms with Gasteiger partial charge in [0, 0.05) is 11.6 Å². The molecule has 1 saturated heterocycles. The van der Waals surface area contributed by atoms with Gasteiger partial charge in [-0.1, -0.05) is 12.1 Å². The predicted octanol–water partition coefficient (Wildman–Crippen LogP) is 2.56. The summed E-state index contributed by atoms with van der Waals surface area (Å²) in [5.41, 5.74) is 7.91. The van der Waals surface area contributed by atoms with Crippen LogP contribution in [0.3, 0.4) is 0 Å². The topological polar surface area (TPSA) is 58.4 Å². The summed E-state index contributed by atoms with van der Waals surface area (Å²) >= 11 is 0. The summed E-state index contributed by atoms with van der Waals surface area (Å²) in [5.74, 6) is 1.06. The van der Waals surface area contributed by atoms with Crippen molar-refractivity contribution >= 4 is 11.6 Å². The van der Waals surface area contributed by atoms with Crippen molar-refractivity contribution in [2.24, 2.45) is 11.7 Å². The Balaban J connectivity index is 1.55. The van der Waals surface area contributed by atoms with Gasteiger partial charge in [0.1, 0.15) is 0 Å². The first-order valence-electron chi connectivity index (χ1n) is 8.59. The predicted molar refractivity (Wildman–Crippen MR) is 89.9 cm³/mol. The number of nitrogens with one attached hydrogen (secondary N) is 1. The minimum absolute atomic E-state index is 0.189. The van der Waals surface area contributed by atoms with Crippen molar-refractivity contribution in [1.82, 2.24) is 4.90 Å². The lowest BCUT2D eigenvalue weighted by Gasteiger charge is -2.32. The minimum atomic E-state index is 0.189. The van der Waals surface area contributed by atoms with Crippen molar-refractivity contribution < 1.29 is 4.79 Å². The van der Waals surface area contributed by atoms with Crippen LogP contribution in [0.1, 0.15) is 43.6 Å². The van der Waals surface area contributed by atoms with E-state index in [0.717, 1.165) is 51.1 Å². The van der Waals surface area contributed by atoms with Gasteiger partial charge in [0.15, 0.2) is 0 Å². The van der Waals surface area contributed by atoms with E-state index >= 15 is 0 Å². The molecule has 1 saturated carbocycles. The Morgan fingerprint density at radius 2 is 2.00 bits per heavy atom. The van der Waals surface area contributed by atoms with E-state index in [9.17, 15) is 4.79 Å². The summed E-state index contributed by atoms with van der Waals surface area (Å²) in [4.78, 5) is 14.4. The number of hydrogen-bond acceptors (Lipinski definition) is 3. The molecule has 1 aliphatic carbocycles. The molecule has 3 N–H and O–H groups in total. The quantitative estimate of drug-likeness (QED) is 0.849. The van der Waals surface area contributed by atoms with Gasteiger partial charge in [-0.15, -0.1) is 0 Å². The standard InChI is InChI=1S/C18H27N3O/c19-9-2-10-21-11-7-14(8-12-21)16-3-1-4-17(13-16)20-18(22)15-5-6-15/h1,3-4,13-15H,2,5-12,19H2,(H,20,22). The molecule has 120 valence electrons. The molecular formula is C18H27N3O. The minimum Gasteiger partial charge on any atom is -0.330 e. The van der Waals surface area contributed by atoms with E-state index in [4.69, 9.17) is 5.73 Å². The zero-order valence-electron chi connectivity index (χ0n) is 13.3. The fourth-order valence-corrected chi connectivity index (χ4v) is 3.27. The van der Waals surface area contributed by atoms with E-state index < -0.39 is 0 Å². The summed E-state index contributed by atoms with van der Waals surface area (Å²) in [5, 5.41) is 3.06. The summed E-state index contributed by atoms with van der Waals surface area (Å²) in [7, 11) is 0. The smallest absolute Gasteiger partial charge is 0.227 e. The number of benzene rings is 1. The Kier molecular flexibility index (Phi) is 5.11. The van der Waals surface area contributed by atoms with E-state index in [1.807, 2.05) is 6.07 Å². The summed E-state index contributed by atoms with van der Waals surface area (Å²) < 4.78 is 0. The molecule has 2 fully saturated rings. The van der Waals surface area contributed by atoms with Crippen molar-refractivity contribution in [3.63, 3.8) is 0 Å². The van der Waals surface area contributed by atoms with Crippen molar-refractivity contribution in [3.05, 3.63) is 29.8 Å². The van der Waals surface area contributed by atoms with Crippen molar-refractivity contribution in [3.8, 4) is 0 Å². The monoisotopic (exact) mass is 301 g/mol. The Morgan fingerprint density at radius 1 is 1.23 bits per heavy atom. The first-order valence-corrected chi connectivity index (χ1v) is 8.59. The largest absolute Gasteiger partial charge is 0.330 e. The number of likely N-dealkylation sites (tertiary alicyclic amines) is 1. The molecule has 1 heterocycles. The van der Waals surface area contributed by atoms with Crippen LogP contribution in [-0.4, -0.2) is 37.0 Å². The molecule has 1 aromatic rings. The normalized spacial score (nSPS) is 20.0. The lowest BCUT2D eigenvalue weighted by molar-refractivity contribution is -0.117. The number of piperidine rings is 1. The molecular weight excluding hydrogens is 274 g/mol. The Bertz CT molecular complexity index is 505. The van der Waals surface area contributed by atoms with E-state index in [2.05, 4.69) is 28.4 Å². The van der Waals surface area contributed by atoms with E-state index in [1.54, 1.807) is 0 Å². The van der Waals surface area contributed by atoms with Crippen molar-refractivity contribution in [1.29, 1.82) is 0 Å². The number of carbonyl (C=O) groups is 1. The van der Waals surface area contributed by atoms with Crippen LogP contribution in [0, 0.1) is 5.92 Å². The fourth-order valence-electron chi connectivity index (χ4n) is 3.27. The van der Waals surface area contributed by atoms with E-state index in [1.165, 1.54) is 18.4 Å². The molecule has 4 heteroatoms. The first-order chi connectivity index (χ1) is 10.8. The number of hydrogen-bond donors (Lipinski definition) is 2. The van der Waals surface area contributed by atoms with E-state index in [-0.39, 0.29) is 11.8 Å². The van der Waals surface area contributed by atoms with Crippen LogP contribution in [0.25, 0.3) is 0 Å². The van der Waals surface area contributed by atoms with Crippen LogP contribution < -0.4 is 11.1 Å². The molecule has 0 atom stereocenters. The highest BCUT2D eigenvalue weighted by molar-refractivity contribution is 5.94. The van der Waals surface area contributed by atoms with Gasteiger partial charge in [-0.2, -0.15) is 0 Å². The van der Waals surface area contributed by atoms with Gasteiger partial charge >= 0.3 is 0 Å². The zero-order chi connectivity index (χ0) is 15.4. The average Bonchev–Trinajstić information content (AvgIpc) is 3.39. The molecule has 1 aliphatic heterocycles. The van der Waals surface area contributed by atoms with Gasteiger partial charge in [0.2, 0.25) is 5.91 Å². The summed E-state index contributed by atoms with van der Waals surface area (Å²) in [6.07, 6.45) is 5.59. The maximum absolute atomic E-state index is 11.9. The third-order valence-electron chi connectivity index (χ3n) is 4.84. The van der Waals surface area contributed by atoms with Crippen LogP contribution in [0.5, 0.6) is 0 Å². The molecule has 0 bridgehead atoms. The maximum atomic E-state index is 11.9. The molecule has 2 aliphatic rings. The number of nitrogens with zero attached hydrogens (tertiary/aromatic N) is 1. The van der Waals surface area contributed by atoms with Crippen LogP contribution in [-0.2, 0) is 4.79 Å². The third kappa shape index (κ3) is 4.08. The van der Waals surface area contributed by atoms with Gasteiger partial charge < -0.3 is 16.0 Å². The van der Waals surface area contributed by atoms with Crippen LogP contribution in [0.2, 0.25) is 0 Å². The first kappa shape index (κ1) is 15.5. The van der Waals surface area contributed by atoms with Gasteiger partial charge in [0.25, 0.3) is 0 Å².